The van der Waals surface area contributed by atoms with Crippen LogP contribution in [0.5, 0.6) is 11.6 Å². The summed E-state index contributed by atoms with van der Waals surface area (Å²) in [5.74, 6) is 0.169. The van der Waals surface area contributed by atoms with Crippen molar-refractivity contribution in [2.24, 2.45) is 5.92 Å². The summed E-state index contributed by atoms with van der Waals surface area (Å²) in [6, 6.07) is 16.6. The standard InChI is InChI=1S/C24H23FN2O5S/c1-33(29,30)27-24(28)18-10-11-19(21(25)13-18)15-31-20-5-2-4-17(12-20)22-6-3-7-23(26-22)32-14-16-8-9-16/h2-7,10-13,16H,8-9,14-15H2,1H3,(H,27,28). The van der Waals surface area contributed by atoms with Gasteiger partial charge in [-0.25, -0.2) is 22.5 Å². The number of pyridine rings is 1. The van der Waals surface area contributed by atoms with Gasteiger partial charge in [-0.05, 0) is 49.1 Å². The van der Waals surface area contributed by atoms with E-state index < -0.39 is 21.7 Å². The van der Waals surface area contributed by atoms with Crippen LogP contribution in [0.25, 0.3) is 11.3 Å². The van der Waals surface area contributed by atoms with E-state index in [9.17, 15) is 17.6 Å². The number of hydrogen-bond acceptors (Lipinski definition) is 6. The van der Waals surface area contributed by atoms with Gasteiger partial charge >= 0.3 is 0 Å². The van der Waals surface area contributed by atoms with Gasteiger partial charge in [0.05, 0.1) is 18.6 Å². The van der Waals surface area contributed by atoms with Gasteiger partial charge in [0.25, 0.3) is 5.91 Å². The van der Waals surface area contributed by atoms with E-state index in [1.807, 2.05) is 30.3 Å². The predicted octanol–water partition coefficient (Wildman–Crippen LogP) is 3.94. The van der Waals surface area contributed by atoms with Crippen molar-refractivity contribution in [1.82, 2.24) is 9.71 Å². The lowest BCUT2D eigenvalue weighted by Gasteiger charge is -2.11. The number of carbonyl (C=O) groups is 1. The second-order valence-corrected chi connectivity index (χ2v) is 9.69. The van der Waals surface area contributed by atoms with Gasteiger partial charge in [-0.2, -0.15) is 0 Å². The van der Waals surface area contributed by atoms with Crippen LogP contribution in [0.3, 0.4) is 0 Å². The molecular formula is C24H23FN2O5S. The minimum atomic E-state index is -3.73. The first-order chi connectivity index (χ1) is 15.8. The highest BCUT2D eigenvalue weighted by molar-refractivity contribution is 7.89. The zero-order valence-electron chi connectivity index (χ0n) is 18.0. The van der Waals surface area contributed by atoms with Crippen LogP contribution in [-0.4, -0.2) is 32.2 Å². The second kappa shape index (κ2) is 9.58. The molecule has 1 aliphatic rings. The van der Waals surface area contributed by atoms with Crippen LogP contribution in [0.15, 0.2) is 60.7 Å². The molecule has 0 bridgehead atoms. The van der Waals surface area contributed by atoms with Crippen molar-refractivity contribution in [3.63, 3.8) is 0 Å². The quantitative estimate of drug-likeness (QED) is 0.509. The van der Waals surface area contributed by atoms with Crippen molar-refractivity contribution >= 4 is 15.9 Å². The average Bonchev–Trinajstić information content (AvgIpc) is 3.61. The Morgan fingerprint density at radius 1 is 1.09 bits per heavy atom. The highest BCUT2D eigenvalue weighted by atomic mass is 32.2. The molecule has 1 saturated carbocycles. The summed E-state index contributed by atoms with van der Waals surface area (Å²) in [4.78, 5) is 16.4. The molecule has 1 N–H and O–H groups in total. The molecule has 3 aromatic rings. The number of ether oxygens (including phenoxy) is 2. The third-order valence-corrected chi connectivity index (χ3v) is 5.56. The molecule has 9 heteroatoms. The molecule has 1 aliphatic carbocycles. The monoisotopic (exact) mass is 470 g/mol. The summed E-state index contributed by atoms with van der Waals surface area (Å²) in [7, 11) is -3.73. The number of nitrogens with one attached hydrogen (secondary N) is 1. The van der Waals surface area contributed by atoms with Crippen molar-refractivity contribution in [2.45, 2.75) is 19.4 Å². The first-order valence-corrected chi connectivity index (χ1v) is 12.3. The van der Waals surface area contributed by atoms with E-state index in [0.29, 0.717) is 24.2 Å². The number of aromatic nitrogens is 1. The van der Waals surface area contributed by atoms with Crippen molar-refractivity contribution in [1.29, 1.82) is 0 Å². The molecule has 0 saturated heterocycles. The SMILES string of the molecule is CS(=O)(=O)NC(=O)c1ccc(COc2cccc(-c3cccc(OCC4CC4)n3)c2)c(F)c1. The summed E-state index contributed by atoms with van der Waals surface area (Å²) in [5, 5.41) is 0. The third-order valence-electron chi connectivity index (χ3n) is 5.00. The highest BCUT2D eigenvalue weighted by Gasteiger charge is 2.22. The largest absolute Gasteiger partial charge is 0.489 e. The number of rotatable bonds is 9. The van der Waals surface area contributed by atoms with Crippen LogP contribution >= 0.6 is 0 Å². The predicted molar refractivity (Wildman–Crippen MR) is 121 cm³/mol. The average molecular weight is 471 g/mol. The van der Waals surface area contributed by atoms with Gasteiger partial charge in [0.1, 0.15) is 18.2 Å². The molecular weight excluding hydrogens is 447 g/mol. The van der Waals surface area contributed by atoms with E-state index in [0.717, 1.165) is 23.6 Å². The molecule has 0 radical (unpaired) electrons. The molecule has 1 aromatic heterocycles. The number of halogens is 1. The normalized spacial score (nSPS) is 13.4. The maximum atomic E-state index is 14.4. The molecule has 1 heterocycles. The van der Waals surface area contributed by atoms with Gasteiger partial charge in [-0.15, -0.1) is 0 Å². The molecule has 172 valence electrons. The Bertz CT molecular complexity index is 1280. The van der Waals surface area contributed by atoms with Crippen LogP contribution in [-0.2, 0) is 16.6 Å². The summed E-state index contributed by atoms with van der Waals surface area (Å²) in [6.07, 6.45) is 3.26. The van der Waals surface area contributed by atoms with Gasteiger partial charge < -0.3 is 9.47 Å². The molecule has 0 unspecified atom stereocenters. The summed E-state index contributed by atoms with van der Waals surface area (Å²) in [5.41, 5.74) is 1.70. The zero-order valence-corrected chi connectivity index (χ0v) is 18.8. The lowest BCUT2D eigenvalue weighted by atomic mass is 10.1. The van der Waals surface area contributed by atoms with Crippen molar-refractivity contribution in [2.75, 3.05) is 12.9 Å². The second-order valence-electron chi connectivity index (χ2n) is 7.94. The molecule has 1 amide bonds. The topological polar surface area (TPSA) is 94.6 Å². The molecule has 7 nitrogen and oxygen atoms in total. The van der Waals surface area contributed by atoms with E-state index in [1.165, 1.54) is 25.0 Å². The Morgan fingerprint density at radius 3 is 2.61 bits per heavy atom. The fourth-order valence-corrected chi connectivity index (χ4v) is 3.54. The van der Waals surface area contributed by atoms with Crippen LogP contribution in [0.4, 0.5) is 4.39 Å². The third kappa shape index (κ3) is 6.52. The van der Waals surface area contributed by atoms with Gasteiger partial charge in [0, 0.05) is 22.8 Å². The number of hydrogen-bond donors (Lipinski definition) is 1. The molecule has 1 fully saturated rings. The fourth-order valence-electron chi connectivity index (χ4n) is 3.08. The molecule has 0 aliphatic heterocycles. The smallest absolute Gasteiger partial charge is 0.264 e. The number of carbonyl (C=O) groups excluding carboxylic acids is 1. The van der Waals surface area contributed by atoms with Crippen LogP contribution in [0, 0.1) is 11.7 Å². The lowest BCUT2D eigenvalue weighted by molar-refractivity contribution is 0.0981. The Morgan fingerprint density at radius 2 is 1.88 bits per heavy atom. The molecule has 33 heavy (non-hydrogen) atoms. The van der Waals surface area contributed by atoms with Crippen LogP contribution < -0.4 is 14.2 Å². The maximum Gasteiger partial charge on any atom is 0.264 e. The summed E-state index contributed by atoms with van der Waals surface area (Å²) < 4.78 is 50.1. The van der Waals surface area contributed by atoms with E-state index in [2.05, 4.69) is 4.98 Å². The first-order valence-electron chi connectivity index (χ1n) is 10.4. The molecule has 2 aromatic carbocycles. The van der Waals surface area contributed by atoms with E-state index in [4.69, 9.17) is 9.47 Å². The van der Waals surface area contributed by atoms with Crippen molar-refractivity contribution in [3.05, 3.63) is 77.6 Å². The zero-order chi connectivity index (χ0) is 23.4. The number of benzene rings is 2. The minimum absolute atomic E-state index is 0.0682. The van der Waals surface area contributed by atoms with Crippen LogP contribution in [0.2, 0.25) is 0 Å². The minimum Gasteiger partial charge on any atom is -0.489 e. The van der Waals surface area contributed by atoms with Crippen molar-refractivity contribution in [3.8, 4) is 22.9 Å². The van der Waals surface area contributed by atoms with Gasteiger partial charge in [0.15, 0.2) is 0 Å². The van der Waals surface area contributed by atoms with Crippen LogP contribution in [0.1, 0.15) is 28.8 Å². The Hall–Kier alpha value is -3.46. The Labute approximate surface area is 191 Å². The van der Waals surface area contributed by atoms with Crippen molar-refractivity contribution < 1.29 is 27.1 Å². The van der Waals surface area contributed by atoms with Gasteiger partial charge in [-0.3, -0.25) is 4.79 Å². The van der Waals surface area contributed by atoms with E-state index in [-0.39, 0.29) is 17.7 Å². The number of nitrogens with zero attached hydrogens (tertiary/aromatic N) is 1. The lowest BCUT2D eigenvalue weighted by Crippen LogP contribution is -2.29. The summed E-state index contributed by atoms with van der Waals surface area (Å²) in [6.45, 7) is 0.612. The molecule has 0 spiro atoms. The first kappa shape index (κ1) is 22.7. The van der Waals surface area contributed by atoms with E-state index in [1.54, 1.807) is 16.9 Å². The maximum absolute atomic E-state index is 14.4. The molecule has 0 atom stereocenters. The van der Waals surface area contributed by atoms with Gasteiger partial charge in [-0.1, -0.05) is 24.3 Å². The highest BCUT2D eigenvalue weighted by Crippen LogP contribution is 2.30. The fraction of sp³-hybridized carbons (Fsp3) is 0.250. The number of amides is 1. The Kier molecular flexibility index (Phi) is 6.60. The number of sulfonamides is 1. The summed E-state index contributed by atoms with van der Waals surface area (Å²) >= 11 is 0. The van der Waals surface area contributed by atoms with E-state index >= 15 is 0 Å². The Balaban J connectivity index is 1.42. The molecule has 4 rings (SSSR count). The van der Waals surface area contributed by atoms with Gasteiger partial charge in [0.2, 0.25) is 15.9 Å².